The summed E-state index contributed by atoms with van der Waals surface area (Å²) in [5.41, 5.74) is 16.4. The van der Waals surface area contributed by atoms with Crippen molar-refractivity contribution in [2.45, 2.75) is 52.4 Å². The minimum atomic E-state index is 0. The topological polar surface area (TPSA) is 101 Å². The summed E-state index contributed by atoms with van der Waals surface area (Å²) in [6, 6.07) is 18.3. The molecule has 35 heavy (non-hydrogen) atoms. The Labute approximate surface area is 220 Å². The predicted molar refractivity (Wildman–Crippen MR) is 154 cm³/mol. The second-order valence-corrected chi connectivity index (χ2v) is 9.98. The summed E-state index contributed by atoms with van der Waals surface area (Å²) in [6.45, 7) is 13.1. The van der Waals surface area contributed by atoms with Crippen LogP contribution < -0.4 is 16.6 Å². The Kier molecular flexibility index (Phi) is 10.7. The van der Waals surface area contributed by atoms with Gasteiger partial charge in [-0.15, -0.1) is 24.8 Å². The molecule has 3 rings (SSSR count). The van der Waals surface area contributed by atoms with Crippen molar-refractivity contribution in [3.05, 3.63) is 76.9 Å². The molecule has 0 saturated carbocycles. The summed E-state index contributed by atoms with van der Waals surface area (Å²) in [4.78, 5) is 8.32. The summed E-state index contributed by atoms with van der Waals surface area (Å²) in [6.07, 6.45) is 3.47. The number of anilines is 3. The van der Waals surface area contributed by atoms with Crippen LogP contribution in [0.1, 0.15) is 63.8 Å². The smallest absolute Gasteiger partial charge is 0.224 e. The number of hydrogen-bond donors (Lipinski definition) is 3. The summed E-state index contributed by atoms with van der Waals surface area (Å²) >= 11 is 0. The van der Waals surface area contributed by atoms with Gasteiger partial charge >= 0.3 is 0 Å². The molecular formula is C26H35Cl2N7. The maximum atomic E-state index is 5.83. The second-order valence-electron chi connectivity index (χ2n) is 9.98. The van der Waals surface area contributed by atoms with Crippen LogP contribution in [-0.4, -0.2) is 22.4 Å². The zero-order valence-electron chi connectivity index (χ0n) is 21.0. The van der Waals surface area contributed by atoms with Gasteiger partial charge in [0.2, 0.25) is 5.95 Å². The lowest BCUT2D eigenvalue weighted by molar-refractivity contribution is 0.590. The highest BCUT2D eigenvalue weighted by Gasteiger charge is 2.13. The molecule has 7 nitrogen and oxygen atoms in total. The van der Waals surface area contributed by atoms with E-state index in [9.17, 15) is 0 Å². The summed E-state index contributed by atoms with van der Waals surface area (Å²) in [5, 5.41) is 8.51. The number of rotatable bonds is 6. The minimum Gasteiger partial charge on any atom is -0.368 e. The van der Waals surface area contributed by atoms with Crippen LogP contribution >= 0.6 is 24.8 Å². The molecule has 0 saturated heterocycles. The summed E-state index contributed by atoms with van der Waals surface area (Å²) in [5.74, 6) is 1.06. The van der Waals surface area contributed by atoms with Gasteiger partial charge in [-0.2, -0.15) is 20.2 Å². The van der Waals surface area contributed by atoms with Gasteiger partial charge in [-0.1, -0.05) is 90.1 Å². The van der Waals surface area contributed by atoms with Crippen LogP contribution in [0.15, 0.2) is 64.8 Å². The number of hydrazone groups is 2. The van der Waals surface area contributed by atoms with Crippen LogP contribution in [0.2, 0.25) is 0 Å². The third kappa shape index (κ3) is 9.19. The first-order valence-corrected chi connectivity index (χ1v) is 10.9. The van der Waals surface area contributed by atoms with E-state index < -0.39 is 0 Å². The zero-order valence-corrected chi connectivity index (χ0v) is 22.7. The highest BCUT2D eigenvalue weighted by atomic mass is 35.5. The van der Waals surface area contributed by atoms with Crippen molar-refractivity contribution in [2.75, 3.05) is 16.6 Å². The fourth-order valence-electron chi connectivity index (χ4n) is 3.06. The Bertz CT molecular complexity index is 1040. The van der Waals surface area contributed by atoms with Crippen molar-refractivity contribution >= 4 is 54.8 Å². The SMILES string of the molecule is CC(C)(C)c1ccc(/C=N/Nc2cc(N/N=C/c3ccc(C(C)(C)C)cc3)nc(N)n2)cc1.Cl.Cl. The molecule has 1 aromatic heterocycles. The van der Waals surface area contributed by atoms with Gasteiger partial charge in [0.15, 0.2) is 11.6 Å². The molecule has 0 atom stereocenters. The molecule has 0 aliphatic rings. The van der Waals surface area contributed by atoms with Gasteiger partial charge in [-0.3, -0.25) is 10.9 Å². The number of hydrogen-bond acceptors (Lipinski definition) is 7. The molecule has 3 aromatic rings. The molecule has 0 amide bonds. The normalized spacial score (nSPS) is 11.7. The van der Waals surface area contributed by atoms with Gasteiger partial charge < -0.3 is 5.73 Å². The minimum absolute atomic E-state index is 0. The van der Waals surface area contributed by atoms with E-state index in [0.29, 0.717) is 11.6 Å². The van der Waals surface area contributed by atoms with Crippen molar-refractivity contribution < 1.29 is 0 Å². The third-order valence-corrected chi connectivity index (χ3v) is 5.08. The van der Waals surface area contributed by atoms with Gasteiger partial charge in [0.05, 0.1) is 12.4 Å². The number of nitrogens with zero attached hydrogens (tertiary/aromatic N) is 4. The van der Waals surface area contributed by atoms with Crippen LogP contribution in [0.5, 0.6) is 0 Å². The van der Waals surface area contributed by atoms with E-state index in [1.807, 2.05) is 24.3 Å². The number of nitrogens with two attached hydrogens (primary N) is 1. The van der Waals surface area contributed by atoms with E-state index in [2.05, 4.69) is 96.8 Å². The zero-order chi connectivity index (χ0) is 24.1. The number of nitrogens with one attached hydrogen (secondary N) is 2. The lowest BCUT2D eigenvalue weighted by Crippen LogP contribution is -2.10. The van der Waals surface area contributed by atoms with Gasteiger partial charge in [-0.05, 0) is 33.1 Å². The van der Waals surface area contributed by atoms with E-state index in [1.54, 1.807) is 18.5 Å². The monoisotopic (exact) mass is 515 g/mol. The highest BCUT2D eigenvalue weighted by molar-refractivity contribution is 5.85. The molecule has 0 aliphatic heterocycles. The van der Waals surface area contributed by atoms with Crippen LogP contribution in [0, 0.1) is 0 Å². The fraction of sp³-hybridized carbons (Fsp3) is 0.308. The Morgan fingerprint density at radius 3 is 1.31 bits per heavy atom. The Balaban J connectivity index is 0.00000306. The van der Waals surface area contributed by atoms with E-state index in [0.717, 1.165) is 11.1 Å². The van der Waals surface area contributed by atoms with Crippen molar-refractivity contribution in [1.82, 2.24) is 9.97 Å². The lowest BCUT2D eigenvalue weighted by Gasteiger charge is -2.18. The van der Waals surface area contributed by atoms with E-state index in [1.165, 1.54) is 11.1 Å². The highest BCUT2D eigenvalue weighted by Crippen LogP contribution is 2.22. The molecule has 1 heterocycles. The molecule has 9 heteroatoms. The van der Waals surface area contributed by atoms with Gasteiger partial charge in [0, 0.05) is 6.07 Å². The maximum Gasteiger partial charge on any atom is 0.224 e. The number of benzene rings is 2. The molecule has 4 N–H and O–H groups in total. The summed E-state index contributed by atoms with van der Waals surface area (Å²) in [7, 11) is 0. The quantitative estimate of drug-likeness (QED) is 0.260. The van der Waals surface area contributed by atoms with E-state index >= 15 is 0 Å². The van der Waals surface area contributed by atoms with Crippen LogP contribution in [0.3, 0.4) is 0 Å². The molecule has 0 fully saturated rings. The van der Waals surface area contributed by atoms with Crippen LogP contribution in [-0.2, 0) is 10.8 Å². The van der Waals surface area contributed by atoms with Crippen molar-refractivity contribution in [2.24, 2.45) is 10.2 Å². The fourth-order valence-corrected chi connectivity index (χ4v) is 3.06. The second kappa shape index (κ2) is 12.5. The average Bonchev–Trinajstić information content (AvgIpc) is 2.73. The number of nitrogen functional groups attached to an aromatic ring is 1. The van der Waals surface area contributed by atoms with Crippen molar-refractivity contribution in [3.8, 4) is 0 Å². The predicted octanol–water partition coefficient (Wildman–Crippen LogP) is 6.39. The molecule has 188 valence electrons. The Morgan fingerprint density at radius 2 is 1.00 bits per heavy atom. The van der Waals surface area contributed by atoms with Crippen LogP contribution in [0.25, 0.3) is 0 Å². The lowest BCUT2D eigenvalue weighted by atomic mass is 9.87. The first kappa shape index (κ1) is 29.9. The molecule has 0 spiro atoms. The van der Waals surface area contributed by atoms with Gasteiger partial charge in [-0.25, -0.2) is 0 Å². The number of aromatic nitrogens is 2. The molecule has 0 aliphatic carbocycles. The first-order chi connectivity index (χ1) is 15.5. The molecular weight excluding hydrogens is 481 g/mol. The van der Waals surface area contributed by atoms with Crippen LogP contribution in [0.4, 0.5) is 17.6 Å². The molecule has 0 unspecified atom stereocenters. The first-order valence-electron chi connectivity index (χ1n) is 10.9. The molecule has 0 radical (unpaired) electrons. The Hall–Kier alpha value is -3.16. The van der Waals surface area contributed by atoms with E-state index in [-0.39, 0.29) is 41.6 Å². The molecule has 0 bridgehead atoms. The average molecular weight is 517 g/mol. The Morgan fingerprint density at radius 1 is 0.657 bits per heavy atom. The maximum absolute atomic E-state index is 5.83. The summed E-state index contributed by atoms with van der Waals surface area (Å²) < 4.78 is 0. The third-order valence-electron chi connectivity index (χ3n) is 5.08. The van der Waals surface area contributed by atoms with E-state index in [4.69, 9.17) is 5.73 Å². The van der Waals surface area contributed by atoms with Gasteiger partial charge in [0.1, 0.15) is 0 Å². The molecule has 2 aromatic carbocycles. The number of halogens is 2. The van der Waals surface area contributed by atoms with Crippen molar-refractivity contribution in [1.29, 1.82) is 0 Å². The van der Waals surface area contributed by atoms with Gasteiger partial charge in [0.25, 0.3) is 0 Å². The largest absolute Gasteiger partial charge is 0.368 e. The van der Waals surface area contributed by atoms with Crippen molar-refractivity contribution in [3.63, 3.8) is 0 Å². The standard InChI is InChI=1S/C26H33N7.2ClH/c1-25(2,3)20-11-7-18(8-12-20)16-28-32-22-15-23(31-24(27)30-22)33-29-17-19-9-13-21(14-10-19)26(4,5)6;;/h7-17H,1-6H3,(H4,27,30,31,32,33);2*1H/b28-16+,29-17+;;.